The molecule has 0 aromatic carbocycles. The molecule has 0 N–H and O–H groups in total. The van der Waals surface area contributed by atoms with Crippen molar-refractivity contribution in [2.45, 2.75) is 138 Å². The lowest BCUT2D eigenvalue weighted by Gasteiger charge is -2.29. The molecule has 5 unspecified atom stereocenters. The molecule has 0 spiro atoms. The second kappa shape index (κ2) is 23.6. The van der Waals surface area contributed by atoms with Crippen LogP contribution in [-0.2, 0) is 47.7 Å². The fourth-order valence-electron chi connectivity index (χ4n) is 5.97. The van der Waals surface area contributed by atoms with Crippen LogP contribution in [0.4, 0.5) is 0 Å². The zero-order valence-corrected chi connectivity index (χ0v) is 32.2. The van der Waals surface area contributed by atoms with Crippen LogP contribution in [0.25, 0.3) is 0 Å². The molecule has 0 bridgehead atoms. The first-order valence-corrected chi connectivity index (χ1v) is 18.6. The maximum Gasteiger partial charge on any atom is 0.169 e. The SMILES string of the molecule is CC1(C)CCCOC(C)(C)C1=O.CC1CCCOC(C)C1=O.CC1CCCOCC1=O.CC1CCOCCC1=O.CC1COCCCC1=O. The number of rotatable bonds is 0. The van der Waals surface area contributed by atoms with Crippen LogP contribution in [0.1, 0.15) is 127 Å². The molecule has 0 amide bonds. The van der Waals surface area contributed by atoms with E-state index in [0.29, 0.717) is 50.8 Å². The molecule has 49 heavy (non-hydrogen) atoms. The lowest BCUT2D eigenvalue weighted by atomic mass is 9.78. The summed E-state index contributed by atoms with van der Waals surface area (Å²) < 4.78 is 26.0. The summed E-state index contributed by atoms with van der Waals surface area (Å²) in [5.74, 6) is 2.25. The van der Waals surface area contributed by atoms with Crippen molar-refractivity contribution in [3.05, 3.63) is 0 Å². The van der Waals surface area contributed by atoms with E-state index >= 15 is 0 Å². The zero-order chi connectivity index (χ0) is 37.0. The molecule has 5 aliphatic rings. The van der Waals surface area contributed by atoms with Gasteiger partial charge in [-0.1, -0.05) is 41.5 Å². The van der Waals surface area contributed by atoms with E-state index in [9.17, 15) is 24.0 Å². The highest BCUT2D eigenvalue weighted by molar-refractivity contribution is 5.91. The number of Topliss-reactive ketones (excluding diaryl/α,β-unsaturated/α-hetero) is 5. The summed E-state index contributed by atoms with van der Waals surface area (Å²) in [5.41, 5.74) is -0.792. The number of carbonyl (C=O) groups is 5. The van der Waals surface area contributed by atoms with Gasteiger partial charge >= 0.3 is 0 Å². The first kappa shape index (κ1) is 45.2. The molecule has 5 saturated heterocycles. The molecule has 0 aromatic rings. The molecule has 5 aliphatic heterocycles. The maximum absolute atomic E-state index is 11.9. The van der Waals surface area contributed by atoms with Gasteiger partial charge in [0.05, 0.1) is 13.2 Å². The molecular formula is C39H68O10. The first-order valence-electron chi connectivity index (χ1n) is 18.6. The molecular weight excluding hydrogens is 628 g/mol. The number of hydrogen-bond donors (Lipinski definition) is 0. The van der Waals surface area contributed by atoms with Gasteiger partial charge in [0.15, 0.2) is 17.3 Å². The smallest absolute Gasteiger partial charge is 0.169 e. The van der Waals surface area contributed by atoms with E-state index in [1.807, 2.05) is 62.3 Å². The van der Waals surface area contributed by atoms with Crippen LogP contribution in [0.2, 0.25) is 0 Å². The zero-order valence-electron chi connectivity index (χ0n) is 32.2. The average Bonchev–Trinajstić information content (AvgIpc) is 3.55. The summed E-state index contributed by atoms with van der Waals surface area (Å²) in [6.45, 7) is 22.7. The average molecular weight is 697 g/mol. The van der Waals surface area contributed by atoms with Gasteiger partial charge in [0, 0.05) is 75.0 Å². The molecule has 0 aliphatic carbocycles. The Kier molecular flexibility index (Phi) is 21.7. The molecule has 5 atom stereocenters. The van der Waals surface area contributed by atoms with Crippen LogP contribution in [0.3, 0.4) is 0 Å². The third-order valence-electron chi connectivity index (χ3n) is 9.69. The van der Waals surface area contributed by atoms with Gasteiger partial charge in [0.1, 0.15) is 29.9 Å². The summed E-state index contributed by atoms with van der Waals surface area (Å²) in [5, 5.41) is 0. The minimum Gasteiger partial charge on any atom is -0.381 e. The summed E-state index contributed by atoms with van der Waals surface area (Å²) in [6.07, 6.45) is 8.94. The van der Waals surface area contributed by atoms with Gasteiger partial charge in [-0.05, 0) is 72.1 Å². The van der Waals surface area contributed by atoms with E-state index in [1.54, 1.807) is 0 Å². The van der Waals surface area contributed by atoms with Crippen molar-refractivity contribution in [3.8, 4) is 0 Å². The van der Waals surface area contributed by atoms with Gasteiger partial charge < -0.3 is 23.7 Å². The van der Waals surface area contributed by atoms with Crippen LogP contribution in [0.15, 0.2) is 0 Å². The number of hydrogen-bond acceptors (Lipinski definition) is 10. The quantitative estimate of drug-likeness (QED) is 0.274. The molecule has 0 radical (unpaired) electrons. The Bertz CT molecular complexity index is 919. The lowest BCUT2D eigenvalue weighted by Crippen LogP contribution is -2.41. The van der Waals surface area contributed by atoms with Gasteiger partial charge in [-0.3, -0.25) is 24.0 Å². The minimum absolute atomic E-state index is 0.132. The molecule has 0 saturated carbocycles. The Hall–Kier alpha value is -1.85. The van der Waals surface area contributed by atoms with Crippen molar-refractivity contribution >= 4 is 28.9 Å². The molecule has 0 aromatic heterocycles. The Morgan fingerprint density at radius 2 is 1.16 bits per heavy atom. The summed E-state index contributed by atoms with van der Waals surface area (Å²) in [7, 11) is 0. The predicted octanol–water partition coefficient (Wildman–Crippen LogP) is 6.57. The van der Waals surface area contributed by atoms with Crippen LogP contribution >= 0.6 is 0 Å². The van der Waals surface area contributed by atoms with Crippen molar-refractivity contribution in [3.63, 3.8) is 0 Å². The minimum atomic E-state index is -0.583. The second-order valence-corrected chi connectivity index (χ2v) is 15.3. The fraction of sp³-hybridized carbons (Fsp3) is 0.872. The van der Waals surface area contributed by atoms with E-state index in [2.05, 4.69) is 0 Å². The van der Waals surface area contributed by atoms with E-state index in [4.69, 9.17) is 23.7 Å². The Morgan fingerprint density at radius 3 is 1.88 bits per heavy atom. The molecule has 5 fully saturated rings. The fourth-order valence-corrected chi connectivity index (χ4v) is 5.97. The highest BCUT2D eigenvalue weighted by Gasteiger charge is 2.41. The summed E-state index contributed by atoms with van der Waals surface area (Å²) in [6, 6.07) is 0. The Balaban J connectivity index is 0.000000308. The van der Waals surface area contributed by atoms with Crippen LogP contribution < -0.4 is 0 Å². The number of carbonyl (C=O) groups excluding carboxylic acids is 5. The van der Waals surface area contributed by atoms with Crippen molar-refractivity contribution in [1.82, 2.24) is 0 Å². The Labute approximate surface area is 296 Å². The second-order valence-electron chi connectivity index (χ2n) is 15.3. The standard InChI is InChI=1S/C10H18O2.C8H14O2.3C7H12O2/c1-9(2)6-5-7-12-10(3,4)8(9)11;1-6-4-3-5-10-7(2)8(6)9;1-6-2-4-9-5-3-7(6)8;1-6-5-9-4-2-3-7(6)8;1-6-3-2-4-9-5-7(6)8/h5-7H2,1-4H3;6-7H,3-5H2,1-2H3;3*6H,2-5H2,1H3. The first-order chi connectivity index (χ1) is 23.0. The molecule has 10 nitrogen and oxygen atoms in total. The normalized spacial score (nSPS) is 30.6. The summed E-state index contributed by atoms with van der Waals surface area (Å²) in [4.78, 5) is 55.8. The predicted molar refractivity (Wildman–Crippen MR) is 190 cm³/mol. The number of ether oxygens (including phenoxy) is 5. The summed E-state index contributed by atoms with van der Waals surface area (Å²) >= 11 is 0. The van der Waals surface area contributed by atoms with Crippen LogP contribution in [-0.4, -0.2) is 93.5 Å². The van der Waals surface area contributed by atoms with E-state index < -0.39 is 5.60 Å². The molecule has 284 valence electrons. The molecule has 10 heteroatoms. The van der Waals surface area contributed by atoms with Gasteiger partial charge in [0.2, 0.25) is 0 Å². The van der Waals surface area contributed by atoms with Gasteiger partial charge in [-0.15, -0.1) is 0 Å². The molecule has 5 rings (SSSR count). The van der Waals surface area contributed by atoms with Crippen molar-refractivity contribution in [2.24, 2.45) is 29.1 Å². The monoisotopic (exact) mass is 696 g/mol. The van der Waals surface area contributed by atoms with Crippen molar-refractivity contribution < 1.29 is 47.7 Å². The van der Waals surface area contributed by atoms with Crippen LogP contribution in [0.5, 0.6) is 0 Å². The molecule has 5 heterocycles. The largest absolute Gasteiger partial charge is 0.381 e. The third kappa shape index (κ3) is 18.3. The van der Waals surface area contributed by atoms with E-state index in [1.165, 1.54) is 0 Å². The van der Waals surface area contributed by atoms with E-state index in [0.717, 1.165) is 77.8 Å². The van der Waals surface area contributed by atoms with Crippen molar-refractivity contribution in [1.29, 1.82) is 0 Å². The number of ketones is 5. The van der Waals surface area contributed by atoms with Crippen molar-refractivity contribution in [2.75, 3.05) is 52.9 Å². The Morgan fingerprint density at radius 1 is 0.551 bits per heavy atom. The van der Waals surface area contributed by atoms with Gasteiger partial charge in [0.25, 0.3) is 0 Å². The highest BCUT2D eigenvalue weighted by Crippen LogP contribution is 2.33. The topological polar surface area (TPSA) is 132 Å². The van der Waals surface area contributed by atoms with Gasteiger partial charge in [-0.2, -0.15) is 0 Å². The van der Waals surface area contributed by atoms with Crippen LogP contribution in [0, 0.1) is 29.1 Å². The van der Waals surface area contributed by atoms with Gasteiger partial charge in [-0.25, -0.2) is 0 Å². The lowest BCUT2D eigenvalue weighted by molar-refractivity contribution is -0.145. The third-order valence-corrected chi connectivity index (χ3v) is 9.69. The highest BCUT2D eigenvalue weighted by atomic mass is 16.5. The maximum atomic E-state index is 11.9. The van der Waals surface area contributed by atoms with E-state index in [-0.39, 0.29) is 52.5 Å².